The smallest absolute Gasteiger partial charge is 0.243 e. The zero-order valence-electron chi connectivity index (χ0n) is 20.0. The minimum Gasteiger partial charge on any atom is -0.481 e. The Morgan fingerprint density at radius 1 is 1.09 bits per heavy atom. The van der Waals surface area contributed by atoms with Gasteiger partial charge in [-0.3, -0.25) is 4.79 Å². The number of methoxy groups -OCH3 is 1. The molecule has 1 aliphatic heterocycles. The third kappa shape index (κ3) is 4.62. The summed E-state index contributed by atoms with van der Waals surface area (Å²) in [6.45, 7) is 2.54. The molecule has 5 rings (SSSR count). The van der Waals surface area contributed by atoms with Crippen molar-refractivity contribution in [1.29, 1.82) is 0 Å². The van der Waals surface area contributed by atoms with Crippen molar-refractivity contribution in [1.82, 2.24) is 23.8 Å². The van der Waals surface area contributed by atoms with Crippen molar-refractivity contribution < 1.29 is 17.9 Å². The number of aromatic nitrogens is 4. The first-order valence-corrected chi connectivity index (χ1v) is 13.5. The minimum absolute atomic E-state index is 0.183. The molecule has 1 aromatic carbocycles. The molecule has 2 aromatic heterocycles. The number of sulfonamides is 1. The van der Waals surface area contributed by atoms with Gasteiger partial charge in [-0.15, -0.1) is 0 Å². The van der Waals surface area contributed by atoms with Crippen molar-refractivity contribution >= 4 is 32.8 Å². The molecule has 1 saturated carbocycles. The number of ether oxygens (including phenoxy) is 1. The van der Waals surface area contributed by atoms with E-state index in [1.807, 2.05) is 13.0 Å². The lowest BCUT2D eigenvalue weighted by atomic mass is 9.97. The predicted octanol–water partition coefficient (Wildman–Crippen LogP) is 3.30. The van der Waals surface area contributed by atoms with Crippen LogP contribution >= 0.6 is 0 Å². The molecule has 10 nitrogen and oxygen atoms in total. The van der Waals surface area contributed by atoms with Crippen LogP contribution in [0.1, 0.15) is 50.4 Å². The lowest BCUT2D eigenvalue weighted by Crippen LogP contribution is -2.41. The molecule has 1 N–H and O–H groups in total. The summed E-state index contributed by atoms with van der Waals surface area (Å²) in [6.07, 6.45) is 6.91. The van der Waals surface area contributed by atoms with E-state index in [1.54, 1.807) is 18.2 Å². The van der Waals surface area contributed by atoms with Gasteiger partial charge in [-0.2, -0.15) is 4.31 Å². The van der Waals surface area contributed by atoms with Gasteiger partial charge in [0.05, 0.1) is 23.0 Å². The Balaban J connectivity index is 1.27. The first-order valence-electron chi connectivity index (χ1n) is 12.0. The van der Waals surface area contributed by atoms with Crippen LogP contribution in [0.15, 0.2) is 35.5 Å². The first-order chi connectivity index (χ1) is 16.9. The van der Waals surface area contributed by atoms with Crippen LogP contribution in [0.2, 0.25) is 0 Å². The molecule has 2 fully saturated rings. The fraction of sp³-hybridized carbons (Fsp3) is 0.500. The molecule has 3 heterocycles. The monoisotopic (exact) mass is 498 g/mol. The van der Waals surface area contributed by atoms with Crippen molar-refractivity contribution in [2.75, 3.05) is 25.5 Å². The molecule has 0 unspecified atom stereocenters. The molecule has 11 heteroatoms. The van der Waals surface area contributed by atoms with Crippen LogP contribution in [0.5, 0.6) is 5.88 Å². The molecule has 0 atom stereocenters. The third-order valence-electron chi connectivity index (χ3n) is 7.09. The number of rotatable bonds is 6. The number of imidazole rings is 1. The molecule has 186 valence electrons. The van der Waals surface area contributed by atoms with E-state index in [0.29, 0.717) is 36.1 Å². The van der Waals surface area contributed by atoms with Crippen LogP contribution in [0.4, 0.5) is 5.82 Å². The van der Waals surface area contributed by atoms with Crippen LogP contribution in [-0.4, -0.2) is 58.3 Å². The molecular formula is C24H30N6O4S. The van der Waals surface area contributed by atoms with Gasteiger partial charge in [0.15, 0.2) is 0 Å². The van der Waals surface area contributed by atoms with Gasteiger partial charge >= 0.3 is 0 Å². The first kappa shape index (κ1) is 23.7. The Hall–Kier alpha value is -3.05. The largest absolute Gasteiger partial charge is 0.481 e. The SMILES string of the molecule is COc1cc(NC(=O)C2CCN(S(=O)(=O)c3ccc4c(c3)nc(C)n4C3CCCC3)CC2)ncn1. The van der Waals surface area contributed by atoms with Crippen molar-refractivity contribution in [3.8, 4) is 5.88 Å². The average Bonchev–Trinajstić information content (AvgIpc) is 3.50. The summed E-state index contributed by atoms with van der Waals surface area (Å²) in [5.41, 5.74) is 1.70. The molecule has 35 heavy (non-hydrogen) atoms. The Labute approximate surface area is 204 Å². The van der Waals surface area contributed by atoms with Crippen LogP contribution in [0.25, 0.3) is 11.0 Å². The number of anilines is 1. The fourth-order valence-electron chi connectivity index (χ4n) is 5.24. The molecule has 1 aliphatic carbocycles. The van der Waals surface area contributed by atoms with Crippen molar-refractivity contribution in [2.45, 2.75) is 56.4 Å². The number of hydrogen-bond donors (Lipinski definition) is 1. The van der Waals surface area contributed by atoms with E-state index in [-0.39, 0.29) is 29.8 Å². The molecule has 0 radical (unpaired) electrons. The maximum absolute atomic E-state index is 13.4. The average molecular weight is 499 g/mol. The molecular weight excluding hydrogens is 468 g/mol. The van der Waals surface area contributed by atoms with Gasteiger partial charge < -0.3 is 14.6 Å². The fourth-order valence-corrected chi connectivity index (χ4v) is 6.73. The predicted molar refractivity (Wildman–Crippen MR) is 131 cm³/mol. The van der Waals surface area contributed by atoms with E-state index in [2.05, 4.69) is 24.8 Å². The van der Waals surface area contributed by atoms with Crippen LogP contribution in [-0.2, 0) is 14.8 Å². The molecule has 2 aliphatic rings. The summed E-state index contributed by atoms with van der Waals surface area (Å²) in [6, 6.07) is 7.24. The van der Waals surface area contributed by atoms with Gasteiger partial charge in [0.25, 0.3) is 0 Å². The second-order valence-electron chi connectivity index (χ2n) is 9.23. The summed E-state index contributed by atoms with van der Waals surface area (Å²) in [5, 5.41) is 2.77. The van der Waals surface area contributed by atoms with Crippen molar-refractivity contribution in [2.24, 2.45) is 5.92 Å². The molecule has 3 aromatic rings. The maximum atomic E-state index is 13.4. The van der Waals surface area contributed by atoms with Crippen molar-refractivity contribution in [3.63, 3.8) is 0 Å². The number of nitrogens with one attached hydrogen (secondary N) is 1. The van der Waals surface area contributed by atoms with Gasteiger partial charge in [0.2, 0.25) is 21.8 Å². The number of nitrogens with zero attached hydrogens (tertiary/aromatic N) is 5. The highest BCUT2D eigenvalue weighted by molar-refractivity contribution is 7.89. The number of carbonyl (C=O) groups excluding carboxylic acids is 1. The van der Waals surface area contributed by atoms with E-state index < -0.39 is 10.0 Å². The summed E-state index contributed by atoms with van der Waals surface area (Å²) < 4.78 is 35.5. The van der Waals surface area contributed by atoms with E-state index in [1.165, 1.54) is 30.6 Å². The number of amides is 1. The zero-order valence-corrected chi connectivity index (χ0v) is 20.8. The Bertz CT molecular complexity index is 1340. The quantitative estimate of drug-likeness (QED) is 0.554. The third-order valence-corrected chi connectivity index (χ3v) is 8.99. The number of benzene rings is 1. The van der Waals surface area contributed by atoms with Gasteiger partial charge in [0, 0.05) is 31.1 Å². The summed E-state index contributed by atoms with van der Waals surface area (Å²) in [5.74, 6) is 1.16. The molecule has 0 bridgehead atoms. The maximum Gasteiger partial charge on any atom is 0.243 e. The van der Waals surface area contributed by atoms with Gasteiger partial charge in [-0.25, -0.2) is 23.4 Å². The Morgan fingerprint density at radius 2 is 1.83 bits per heavy atom. The second kappa shape index (κ2) is 9.54. The zero-order chi connectivity index (χ0) is 24.6. The van der Waals surface area contributed by atoms with Crippen molar-refractivity contribution in [3.05, 3.63) is 36.4 Å². The summed E-state index contributed by atoms with van der Waals surface area (Å²) in [7, 11) is -2.19. The van der Waals surface area contributed by atoms with E-state index in [9.17, 15) is 13.2 Å². The highest BCUT2D eigenvalue weighted by Gasteiger charge is 2.33. The Kier molecular flexibility index (Phi) is 6.45. The molecule has 0 spiro atoms. The summed E-state index contributed by atoms with van der Waals surface area (Å²) in [4.78, 5) is 25.6. The number of piperidine rings is 1. The molecule has 1 amide bonds. The number of hydrogen-bond acceptors (Lipinski definition) is 7. The number of aryl methyl sites for hydroxylation is 1. The lowest BCUT2D eigenvalue weighted by Gasteiger charge is -2.30. The molecule has 1 saturated heterocycles. The standard InChI is InChI=1S/C24H30N6O4S/c1-16-27-20-13-19(7-8-21(20)30(16)18-5-3-4-6-18)35(32,33)29-11-9-17(10-12-29)24(31)28-22-14-23(34-2)26-15-25-22/h7-8,13-15,17-18H,3-6,9-12H2,1-2H3,(H,25,26,28,31). The number of carbonyl (C=O) groups is 1. The minimum atomic E-state index is -3.68. The van der Waals surface area contributed by atoms with E-state index >= 15 is 0 Å². The van der Waals surface area contributed by atoms with Crippen LogP contribution in [0, 0.1) is 12.8 Å². The van der Waals surface area contributed by atoms with Gasteiger partial charge in [-0.05, 0) is 50.8 Å². The van der Waals surface area contributed by atoms with E-state index in [0.717, 1.165) is 24.2 Å². The summed E-state index contributed by atoms with van der Waals surface area (Å²) >= 11 is 0. The van der Waals surface area contributed by atoms with Crippen LogP contribution in [0.3, 0.4) is 0 Å². The number of fused-ring (bicyclic) bond motifs is 1. The van der Waals surface area contributed by atoms with E-state index in [4.69, 9.17) is 4.74 Å². The van der Waals surface area contributed by atoms with Gasteiger partial charge in [0.1, 0.15) is 18.0 Å². The second-order valence-corrected chi connectivity index (χ2v) is 11.2. The topological polar surface area (TPSA) is 119 Å². The normalized spacial score (nSPS) is 18.2. The lowest BCUT2D eigenvalue weighted by molar-refractivity contribution is -0.120. The highest BCUT2D eigenvalue weighted by atomic mass is 32.2. The Morgan fingerprint density at radius 3 is 2.54 bits per heavy atom. The highest BCUT2D eigenvalue weighted by Crippen LogP contribution is 2.34. The van der Waals surface area contributed by atoms with Crippen LogP contribution < -0.4 is 10.1 Å². The van der Waals surface area contributed by atoms with Gasteiger partial charge in [-0.1, -0.05) is 12.8 Å².